The molecule has 0 aliphatic carbocycles. The molecule has 1 aromatic heterocycles. The highest BCUT2D eigenvalue weighted by molar-refractivity contribution is 5.90. The van der Waals surface area contributed by atoms with Crippen molar-refractivity contribution in [3.8, 4) is 11.4 Å². The van der Waals surface area contributed by atoms with Gasteiger partial charge in [-0.15, -0.1) is 5.10 Å². The summed E-state index contributed by atoms with van der Waals surface area (Å²) in [4.78, 5) is 27.3. The van der Waals surface area contributed by atoms with Crippen LogP contribution in [0.25, 0.3) is 17.6 Å². The van der Waals surface area contributed by atoms with Crippen LogP contribution < -0.4 is 0 Å². The highest BCUT2D eigenvalue weighted by atomic mass is 19.4. The van der Waals surface area contributed by atoms with Crippen LogP contribution in [0.15, 0.2) is 30.6 Å². The molecule has 27 heavy (non-hydrogen) atoms. The van der Waals surface area contributed by atoms with Gasteiger partial charge >= 0.3 is 6.18 Å². The van der Waals surface area contributed by atoms with Gasteiger partial charge in [0.25, 0.3) is 5.92 Å². The van der Waals surface area contributed by atoms with Crippen molar-refractivity contribution in [3.05, 3.63) is 41.7 Å². The summed E-state index contributed by atoms with van der Waals surface area (Å²) in [5.41, 5.74) is -1.25. The Labute approximate surface area is 148 Å². The number of aldehydes is 1. The van der Waals surface area contributed by atoms with Gasteiger partial charge in [0.1, 0.15) is 12.6 Å². The molecule has 6 nitrogen and oxygen atoms in total. The molecule has 2 aromatic rings. The highest BCUT2D eigenvalue weighted by Gasteiger charge is 2.45. The Morgan fingerprint density at radius 2 is 1.89 bits per heavy atom. The molecule has 0 saturated carbocycles. The number of nitrogens with zero attached hydrogens (tertiary/aromatic N) is 4. The average Bonchev–Trinajstić information content (AvgIpc) is 3.05. The molecule has 0 radical (unpaired) electrons. The first-order chi connectivity index (χ1) is 12.6. The number of carbonyl (C=O) groups excluding carboxylic acids is 2. The summed E-state index contributed by atoms with van der Waals surface area (Å²) < 4.78 is 65.3. The molecule has 0 bridgehead atoms. The fourth-order valence-electron chi connectivity index (χ4n) is 2.40. The Morgan fingerprint density at radius 3 is 2.48 bits per heavy atom. The van der Waals surface area contributed by atoms with Gasteiger partial charge in [-0.25, -0.2) is 18.4 Å². The Hall–Kier alpha value is -3.11. The maximum absolute atomic E-state index is 12.9. The van der Waals surface area contributed by atoms with E-state index in [0.29, 0.717) is 6.07 Å². The standard InChI is InChI=1S/C16H11F5N4O2/c17-15(18)7-24(8-15)13(27)1-2-25-9-22-14(23-25)11-3-10(6-26)4-12(5-11)16(19,20)21/h1-6,9H,7-8H2/b2-1-. The quantitative estimate of drug-likeness (QED) is 0.460. The number of amides is 1. The highest BCUT2D eigenvalue weighted by Crippen LogP contribution is 2.32. The van der Waals surface area contributed by atoms with Crippen molar-refractivity contribution in [2.24, 2.45) is 0 Å². The fourth-order valence-corrected chi connectivity index (χ4v) is 2.40. The van der Waals surface area contributed by atoms with E-state index in [1.165, 1.54) is 6.07 Å². The van der Waals surface area contributed by atoms with Crippen LogP contribution in [0.1, 0.15) is 15.9 Å². The molecule has 0 spiro atoms. The van der Waals surface area contributed by atoms with Crippen LogP contribution in [0, 0.1) is 0 Å². The number of rotatable bonds is 4. The lowest BCUT2D eigenvalue weighted by molar-refractivity contribution is -0.160. The molecule has 142 valence electrons. The zero-order valence-corrected chi connectivity index (χ0v) is 13.5. The van der Waals surface area contributed by atoms with Crippen molar-refractivity contribution >= 4 is 18.4 Å². The van der Waals surface area contributed by atoms with Crippen molar-refractivity contribution in [2.45, 2.75) is 12.1 Å². The summed E-state index contributed by atoms with van der Waals surface area (Å²) in [5, 5.41) is 3.90. The van der Waals surface area contributed by atoms with Gasteiger partial charge in [-0.2, -0.15) is 13.2 Å². The molecule has 1 aliphatic rings. The molecule has 2 heterocycles. The van der Waals surface area contributed by atoms with E-state index in [9.17, 15) is 31.5 Å². The lowest BCUT2D eigenvalue weighted by Crippen LogP contribution is -2.58. The maximum Gasteiger partial charge on any atom is 0.416 e. The van der Waals surface area contributed by atoms with Gasteiger partial charge < -0.3 is 4.90 Å². The Morgan fingerprint density at radius 1 is 1.19 bits per heavy atom. The van der Waals surface area contributed by atoms with Gasteiger partial charge in [-0.1, -0.05) is 0 Å². The van der Waals surface area contributed by atoms with Crippen LogP contribution in [-0.4, -0.2) is 50.9 Å². The predicted molar refractivity (Wildman–Crippen MR) is 82.7 cm³/mol. The third kappa shape index (κ3) is 4.18. The molecule has 0 unspecified atom stereocenters. The molecule has 1 aliphatic heterocycles. The van der Waals surface area contributed by atoms with Crippen molar-refractivity contribution < 1.29 is 31.5 Å². The zero-order valence-electron chi connectivity index (χ0n) is 13.5. The summed E-state index contributed by atoms with van der Waals surface area (Å²) in [6.07, 6.45) is -1.11. The second-order valence-corrected chi connectivity index (χ2v) is 5.87. The Balaban J connectivity index is 1.79. The number of hydrogen-bond acceptors (Lipinski definition) is 4. The van der Waals surface area contributed by atoms with E-state index >= 15 is 0 Å². The van der Waals surface area contributed by atoms with Crippen molar-refractivity contribution in [3.63, 3.8) is 0 Å². The summed E-state index contributed by atoms with van der Waals surface area (Å²) >= 11 is 0. The minimum absolute atomic E-state index is 0.0345. The molecule has 1 amide bonds. The first kappa shape index (κ1) is 18.7. The number of carbonyl (C=O) groups is 2. The summed E-state index contributed by atoms with van der Waals surface area (Å²) in [5.74, 6) is -3.64. The molecule has 0 atom stereocenters. The number of hydrogen-bond donors (Lipinski definition) is 0. The normalized spacial score (nSPS) is 16.4. The first-order valence-corrected chi connectivity index (χ1v) is 7.51. The van der Waals surface area contributed by atoms with Gasteiger partial charge in [-0.05, 0) is 18.2 Å². The summed E-state index contributed by atoms with van der Waals surface area (Å²) in [6, 6.07) is 2.69. The lowest BCUT2D eigenvalue weighted by Gasteiger charge is -2.37. The second kappa shape index (κ2) is 6.56. The van der Waals surface area contributed by atoms with Crippen LogP contribution in [0.4, 0.5) is 22.0 Å². The number of halogens is 5. The fraction of sp³-hybridized carbons (Fsp3) is 0.250. The minimum atomic E-state index is -4.65. The number of likely N-dealkylation sites (tertiary alicyclic amines) is 1. The molecule has 1 saturated heterocycles. The lowest BCUT2D eigenvalue weighted by atomic mass is 10.1. The van der Waals surface area contributed by atoms with Crippen molar-refractivity contribution in [1.29, 1.82) is 0 Å². The van der Waals surface area contributed by atoms with E-state index in [-0.39, 0.29) is 23.2 Å². The third-order valence-electron chi connectivity index (χ3n) is 3.71. The minimum Gasteiger partial charge on any atom is -0.327 e. The molecule has 11 heteroatoms. The van der Waals surface area contributed by atoms with Gasteiger partial charge in [-0.3, -0.25) is 9.59 Å². The summed E-state index contributed by atoms with van der Waals surface area (Å²) in [6.45, 7) is -1.34. The smallest absolute Gasteiger partial charge is 0.327 e. The second-order valence-electron chi connectivity index (χ2n) is 5.87. The van der Waals surface area contributed by atoms with E-state index in [1.54, 1.807) is 0 Å². The van der Waals surface area contributed by atoms with Gasteiger partial charge in [0.05, 0.1) is 18.7 Å². The van der Waals surface area contributed by atoms with E-state index in [0.717, 1.165) is 34.3 Å². The topological polar surface area (TPSA) is 68.1 Å². The third-order valence-corrected chi connectivity index (χ3v) is 3.71. The van der Waals surface area contributed by atoms with Gasteiger partial charge in [0, 0.05) is 23.4 Å². The summed E-state index contributed by atoms with van der Waals surface area (Å²) in [7, 11) is 0. The van der Waals surface area contributed by atoms with Crippen LogP contribution in [0.3, 0.4) is 0 Å². The molecule has 1 aromatic carbocycles. The Kier molecular flexibility index (Phi) is 4.54. The van der Waals surface area contributed by atoms with E-state index in [4.69, 9.17) is 0 Å². The molecule has 1 fully saturated rings. The van der Waals surface area contributed by atoms with Crippen LogP contribution in [0.5, 0.6) is 0 Å². The number of aromatic nitrogens is 3. The van der Waals surface area contributed by atoms with Crippen molar-refractivity contribution in [2.75, 3.05) is 13.1 Å². The predicted octanol–water partition coefficient (Wildman–Crippen LogP) is 2.72. The monoisotopic (exact) mass is 386 g/mol. The molecular formula is C16H11F5N4O2. The van der Waals surface area contributed by atoms with E-state index in [1.807, 2.05) is 0 Å². The van der Waals surface area contributed by atoms with Gasteiger partial charge in [0.15, 0.2) is 5.82 Å². The van der Waals surface area contributed by atoms with E-state index in [2.05, 4.69) is 10.1 Å². The number of benzene rings is 1. The molecule has 0 N–H and O–H groups in total. The van der Waals surface area contributed by atoms with E-state index < -0.39 is 36.7 Å². The molecule has 3 rings (SSSR count). The largest absolute Gasteiger partial charge is 0.416 e. The van der Waals surface area contributed by atoms with Gasteiger partial charge in [0.2, 0.25) is 5.91 Å². The zero-order chi connectivity index (χ0) is 19.8. The van der Waals surface area contributed by atoms with Crippen LogP contribution in [-0.2, 0) is 11.0 Å². The van der Waals surface area contributed by atoms with Crippen molar-refractivity contribution in [1.82, 2.24) is 19.7 Å². The molecular weight excluding hydrogens is 375 g/mol. The maximum atomic E-state index is 12.9. The Bertz CT molecular complexity index is 912. The van der Waals surface area contributed by atoms with Crippen LogP contribution >= 0.6 is 0 Å². The first-order valence-electron chi connectivity index (χ1n) is 7.51. The number of alkyl halides is 5. The SMILES string of the molecule is O=Cc1cc(-c2ncn(/C=C\C(=O)N3CC(F)(F)C3)n2)cc(C(F)(F)F)c1. The van der Waals surface area contributed by atoms with Crippen LogP contribution in [0.2, 0.25) is 0 Å². The average molecular weight is 386 g/mol.